The zero-order valence-electron chi connectivity index (χ0n) is 13.1. The van der Waals surface area contributed by atoms with E-state index in [4.69, 9.17) is 5.26 Å². The summed E-state index contributed by atoms with van der Waals surface area (Å²) in [5.74, 6) is -3.63. The van der Waals surface area contributed by atoms with Gasteiger partial charge in [0.15, 0.2) is 11.2 Å². The van der Waals surface area contributed by atoms with Gasteiger partial charge < -0.3 is 4.74 Å². The molecule has 0 saturated carbocycles. The molecule has 0 aliphatic heterocycles. The van der Waals surface area contributed by atoms with Crippen molar-refractivity contribution in [1.29, 1.82) is 5.26 Å². The maximum atomic E-state index is 12.3. The molecule has 124 valence electrons. The largest absolute Gasteiger partial charge is 0.465 e. The Hall–Kier alpha value is -3.35. The number of Topliss-reactive ketones (excluding diaryl/α,β-unsaturated/α-hetero) is 1. The number of hydrogen-bond donors (Lipinski definition) is 0. The third kappa shape index (κ3) is 2.67. The number of fused-ring (bicyclic) bond motifs is 1. The average molecular weight is 331 g/mol. The summed E-state index contributed by atoms with van der Waals surface area (Å²) >= 11 is 0. The number of carbonyl (C=O) groups excluding carboxylic acids is 2. The minimum absolute atomic E-state index is 0.00991. The Labute approximate surface area is 134 Å². The van der Waals surface area contributed by atoms with E-state index in [1.165, 1.54) is 21.0 Å². The van der Waals surface area contributed by atoms with E-state index in [1.807, 2.05) is 0 Å². The molecule has 2 rings (SSSR count). The molecule has 1 atom stereocenters. The highest BCUT2D eigenvalue weighted by molar-refractivity contribution is 6.10. The summed E-state index contributed by atoms with van der Waals surface area (Å²) in [5.41, 5.74) is -1.89. The van der Waals surface area contributed by atoms with Gasteiger partial charge in [-0.1, -0.05) is 0 Å². The maximum absolute atomic E-state index is 12.3. The first-order valence-corrected chi connectivity index (χ1v) is 6.86. The lowest BCUT2D eigenvalue weighted by atomic mass is 10.0. The quantitative estimate of drug-likeness (QED) is 0.391. The average Bonchev–Trinajstić information content (AvgIpc) is 2.58. The molecule has 0 fully saturated rings. The highest BCUT2D eigenvalue weighted by Gasteiger charge is 2.30. The predicted molar refractivity (Wildman–Crippen MR) is 80.1 cm³/mol. The van der Waals surface area contributed by atoms with Gasteiger partial charge in [-0.25, -0.2) is 14.8 Å². The Morgan fingerprint density at radius 2 is 2.00 bits per heavy atom. The Balaban J connectivity index is 2.61. The normalized spacial score (nSPS) is 11.8. The number of nitrogens with zero attached hydrogens (tertiary/aromatic N) is 5. The summed E-state index contributed by atoms with van der Waals surface area (Å²) in [6.45, 7) is 1.55. The standard InChI is InChI=1S/C14H13N5O5/c1-4-24-13(22)7(5-15)10(20)8-6-16-11-9(17-8)12(21)19(3)14(23)18(11)2/h6-7H,4H2,1-3H3. The van der Waals surface area contributed by atoms with Gasteiger partial charge in [0, 0.05) is 14.1 Å². The summed E-state index contributed by atoms with van der Waals surface area (Å²) in [6, 6.07) is 1.55. The van der Waals surface area contributed by atoms with Crippen molar-refractivity contribution in [2.75, 3.05) is 6.61 Å². The number of esters is 1. The Bertz CT molecular complexity index is 997. The second-order valence-corrected chi connectivity index (χ2v) is 4.81. The first kappa shape index (κ1) is 17.0. The van der Waals surface area contributed by atoms with E-state index >= 15 is 0 Å². The topological polar surface area (TPSA) is 137 Å². The SMILES string of the molecule is CCOC(=O)C(C#N)C(=O)c1cnc2c(n1)c(=O)n(C)c(=O)n2C. The van der Waals surface area contributed by atoms with Crippen LogP contribution in [0, 0.1) is 17.2 Å². The fourth-order valence-electron chi connectivity index (χ4n) is 2.04. The maximum Gasteiger partial charge on any atom is 0.332 e. The molecule has 1 unspecified atom stereocenters. The van der Waals surface area contributed by atoms with E-state index < -0.39 is 28.9 Å². The molecule has 0 aliphatic rings. The van der Waals surface area contributed by atoms with Crippen molar-refractivity contribution < 1.29 is 14.3 Å². The van der Waals surface area contributed by atoms with Crippen molar-refractivity contribution in [3.63, 3.8) is 0 Å². The van der Waals surface area contributed by atoms with Gasteiger partial charge in [-0.05, 0) is 6.92 Å². The van der Waals surface area contributed by atoms with Crippen LogP contribution >= 0.6 is 0 Å². The lowest BCUT2D eigenvalue weighted by Gasteiger charge is -2.09. The molecule has 10 nitrogen and oxygen atoms in total. The fourth-order valence-corrected chi connectivity index (χ4v) is 2.04. The molecule has 0 amide bonds. The predicted octanol–water partition coefficient (Wildman–Crippen LogP) is -1.09. The number of hydrogen-bond acceptors (Lipinski definition) is 8. The van der Waals surface area contributed by atoms with Gasteiger partial charge in [0.1, 0.15) is 5.69 Å². The summed E-state index contributed by atoms with van der Waals surface area (Å²) in [6.07, 6.45) is 1.01. The number of ether oxygens (including phenoxy) is 1. The van der Waals surface area contributed by atoms with Gasteiger partial charge in [-0.15, -0.1) is 0 Å². The zero-order chi connectivity index (χ0) is 18.0. The lowest BCUT2D eigenvalue weighted by Crippen LogP contribution is -2.38. The summed E-state index contributed by atoms with van der Waals surface area (Å²) in [7, 11) is 2.66. The second-order valence-electron chi connectivity index (χ2n) is 4.81. The van der Waals surface area contributed by atoms with Crippen molar-refractivity contribution in [1.82, 2.24) is 19.1 Å². The number of rotatable bonds is 4. The van der Waals surface area contributed by atoms with Crippen molar-refractivity contribution in [3.8, 4) is 6.07 Å². The van der Waals surface area contributed by atoms with E-state index in [0.717, 1.165) is 15.3 Å². The van der Waals surface area contributed by atoms with Crippen LogP contribution in [0.15, 0.2) is 15.8 Å². The number of aryl methyl sites for hydroxylation is 1. The third-order valence-corrected chi connectivity index (χ3v) is 3.32. The Morgan fingerprint density at radius 3 is 2.58 bits per heavy atom. The zero-order valence-corrected chi connectivity index (χ0v) is 13.1. The van der Waals surface area contributed by atoms with Crippen LogP contribution in [0.3, 0.4) is 0 Å². The van der Waals surface area contributed by atoms with Crippen LogP contribution in [0.2, 0.25) is 0 Å². The van der Waals surface area contributed by atoms with Gasteiger partial charge in [0.05, 0.1) is 18.9 Å². The molecule has 0 aromatic carbocycles. The molecule has 0 bridgehead atoms. The molecule has 2 aromatic rings. The van der Waals surface area contributed by atoms with Crippen LogP contribution in [-0.4, -0.2) is 37.5 Å². The smallest absolute Gasteiger partial charge is 0.332 e. The Kier molecular flexibility index (Phi) is 4.54. The highest BCUT2D eigenvalue weighted by Crippen LogP contribution is 2.10. The van der Waals surface area contributed by atoms with Gasteiger partial charge in [-0.3, -0.25) is 23.5 Å². The van der Waals surface area contributed by atoms with Crippen molar-refractivity contribution in [2.45, 2.75) is 6.92 Å². The lowest BCUT2D eigenvalue weighted by molar-refractivity contribution is -0.144. The summed E-state index contributed by atoms with van der Waals surface area (Å²) < 4.78 is 6.58. The van der Waals surface area contributed by atoms with Crippen molar-refractivity contribution >= 4 is 22.9 Å². The van der Waals surface area contributed by atoms with E-state index in [9.17, 15) is 19.2 Å². The van der Waals surface area contributed by atoms with E-state index in [2.05, 4.69) is 14.7 Å². The number of nitriles is 1. The fraction of sp³-hybridized carbons (Fsp3) is 0.357. The van der Waals surface area contributed by atoms with Gasteiger partial charge in [0.2, 0.25) is 11.7 Å². The number of ketones is 1. The molecule has 2 heterocycles. The third-order valence-electron chi connectivity index (χ3n) is 3.32. The Morgan fingerprint density at radius 1 is 1.33 bits per heavy atom. The second kappa shape index (κ2) is 6.41. The van der Waals surface area contributed by atoms with Gasteiger partial charge >= 0.3 is 11.7 Å². The van der Waals surface area contributed by atoms with E-state index in [-0.39, 0.29) is 23.5 Å². The van der Waals surface area contributed by atoms with E-state index in [0.29, 0.717) is 0 Å². The molecular weight excluding hydrogens is 318 g/mol. The van der Waals surface area contributed by atoms with Crippen LogP contribution < -0.4 is 11.2 Å². The summed E-state index contributed by atoms with van der Waals surface area (Å²) in [4.78, 5) is 55.7. The molecular formula is C14H13N5O5. The number of carbonyl (C=O) groups is 2. The molecule has 0 saturated heterocycles. The van der Waals surface area contributed by atoms with Crippen LogP contribution in [0.1, 0.15) is 17.4 Å². The molecule has 0 aliphatic carbocycles. The van der Waals surface area contributed by atoms with Crippen LogP contribution in [0.4, 0.5) is 0 Å². The van der Waals surface area contributed by atoms with Crippen LogP contribution in [0.25, 0.3) is 11.2 Å². The highest BCUT2D eigenvalue weighted by atomic mass is 16.5. The van der Waals surface area contributed by atoms with Crippen LogP contribution in [-0.2, 0) is 23.6 Å². The summed E-state index contributed by atoms with van der Waals surface area (Å²) in [5, 5.41) is 9.02. The van der Waals surface area contributed by atoms with Crippen LogP contribution in [0.5, 0.6) is 0 Å². The first-order valence-electron chi connectivity index (χ1n) is 6.86. The molecule has 0 spiro atoms. The minimum Gasteiger partial charge on any atom is -0.465 e. The molecule has 10 heteroatoms. The number of aromatic nitrogens is 4. The molecule has 0 N–H and O–H groups in total. The van der Waals surface area contributed by atoms with Crippen molar-refractivity contribution in [2.24, 2.45) is 20.0 Å². The van der Waals surface area contributed by atoms with Gasteiger partial charge in [0.25, 0.3) is 5.56 Å². The molecule has 24 heavy (non-hydrogen) atoms. The monoisotopic (exact) mass is 331 g/mol. The molecule has 0 radical (unpaired) electrons. The minimum atomic E-state index is -1.70. The molecule has 2 aromatic heterocycles. The first-order chi connectivity index (χ1) is 11.3. The van der Waals surface area contributed by atoms with Gasteiger partial charge in [-0.2, -0.15) is 5.26 Å². The van der Waals surface area contributed by atoms with E-state index in [1.54, 1.807) is 6.07 Å². The van der Waals surface area contributed by atoms with Crippen molar-refractivity contribution in [3.05, 3.63) is 32.7 Å².